The van der Waals surface area contributed by atoms with Crippen molar-refractivity contribution in [3.63, 3.8) is 0 Å². The van der Waals surface area contributed by atoms with E-state index in [-0.39, 0.29) is 12.1 Å². The predicted molar refractivity (Wildman–Crippen MR) is 72.0 cm³/mol. The monoisotopic (exact) mass is 320 g/mol. The van der Waals surface area contributed by atoms with Crippen LogP contribution in [0.25, 0.3) is 5.69 Å². The standard InChI is InChI=1S/C12H9BrN4O2/c1-8-11(6-7-14)12(13)16(15-8)9-2-4-10(5-3-9)17(18)19/h2-5H,6H2,1H3. The molecule has 0 aliphatic heterocycles. The number of aryl methyl sites for hydroxylation is 1. The fourth-order valence-corrected chi connectivity index (χ4v) is 2.41. The molecule has 0 spiro atoms. The first-order chi connectivity index (χ1) is 9.04. The molecule has 1 aromatic heterocycles. The van der Waals surface area contributed by atoms with Crippen LogP contribution in [0.3, 0.4) is 0 Å². The molecule has 2 rings (SSSR count). The van der Waals surface area contributed by atoms with Gasteiger partial charge in [0, 0.05) is 17.7 Å². The SMILES string of the molecule is Cc1nn(-c2ccc([N+](=O)[O-])cc2)c(Br)c1CC#N. The fraction of sp³-hybridized carbons (Fsp3) is 0.167. The van der Waals surface area contributed by atoms with E-state index in [2.05, 4.69) is 27.1 Å². The van der Waals surface area contributed by atoms with Gasteiger partial charge in [-0.1, -0.05) is 0 Å². The number of nitriles is 1. The molecule has 0 aliphatic rings. The lowest BCUT2D eigenvalue weighted by Gasteiger charge is -2.03. The van der Waals surface area contributed by atoms with Crippen molar-refractivity contribution in [1.82, 2.24) is 9.78 Å². The Morgan fingerprint density at radius 1 is 1.47 bits per heavy atom. The van der Waals surface area contributed by atoms with Crippen molar-refractivity contribution in [2.75, 3.05) is 0 Å². The van der Waals surface area contributed by atoms with Crippen LogP contribution in [0.1, 0.15) is 11.3 Å². The van der Waals surface area contributed by atoms with Crippen LogP contribution >= 0.6 is 15.9 Å². The van der Waals surface area contributed by atoms with Crippen LogP contribution in [0.2, 0.25) is 0 Å². The minimum atomic E-state index is -0.450. The smallest absolute Gasteiger partial charge is 0.258 e. The molecule has 0 unspecified atom stereocenters. The number of benzene rings is 1. The number of nitrogens with zero attached hydrogens (tertiary/aromatic N) is 4. The van der Waals surface area contributed by atoms with Crippen molar-refractivity contribution in [3.05, 3.63) is 50.2 Å². The fourth-order valence-electron chi connectivity index (χ4n) is 1.70. The molecule has 96 valence electrons. The van der Waals surface area contributed by atoms with Crippen LogP contribution in [0.5, 0.6) is 0 Å². The zero-order valence-electron chi connectivity index (χ0n) is 10.00. The summed E-state index contributed by atoms with van der Waals surface area (Å²) >= 11 is 3.40. The van der Waals surface area contributed by atoms with Crippen LogP contribution in [-0.2, 0) is 6.42 Å². The molecular formula is C12H9BrN4O2. The lowest BCUT2D eigenvalue weighted by atomic mass is 10.2. The molecular weight excluding hydrogens is 312 g/mol. The highest BCUT2D eigenvalue weighted by molar-refractivity contribution is 9.10. The average molecular weight is 321 g/mol. The Morgan fingerprint density at radius 3 is 2.63 bits per heavy atom. The van der Waals surface area contributed by atoms with E-state index in [0.717, 1.165) is 11.3 Å². The van der Waals surface area contributed by atoms with Gasteiger partial charge in [0.2, 0.25) is 0 Å². The normalized spacial score (nSPS) is 10.2. The minimum absolute atomic E-state index is 0.0287. The van der Waals surface area contributed by atoms with Crippen molar-refractivity contribution in [2.45, 2.75) is 13.3 Å². The quantitative estimate of drug-likeness (QED) is 0.642. The zero-order valence-corrected chi connectivity index (χ0v) is 11.6. The van der Waals surface area contributed by atoms with Crippen molar-refractivity contribution in [2.24, 2.45) is 0 Å². The molecule has 0 saturated heterocycles. The molecule has 1 heterocycles. The molecule has 0 bridgehead atoms. The number of hydrogen-bond donors (Lipinski definition) is 0. The Hall–Kier alpha value is -2.20. The molecule has 7 heteroatoms. The van der Waals surface area contributed by atoms with Gasteiger partial charge < -0.3 is 0 Å². The Morgan fingerprint density at radius 2 is 2.11 bits per heavy atom. The van der Waals surface area contributed by atoms with Crippen molar-refractivity contribution >= 4 is 21.6 Å². The molecule has 0 saturated carbocycles. The summed E-state index contributed by atoms with van der Waals surface area (Å²) in [5.41, 5.74) is 2.30. The number of non-ortho nitro benzene ring substituents is 1. The summed E-state index contributed by atoms with van der Waals surface area (Å²) < 4.78 is 2.31. The third-order valence-electron chi connectivity index (χ3n) is 2.68. The summed E-state index contributed by atoms with van der Waals surface area (Å²) in [7, 11) is 0. The largest absolute Gasteiger partial charge is 0.269 e. The minimum Gasteiger partial charge on any atom is -0.258 e. The Bertz CT molecular complexity index is 670. The van der Waals surface area contributed by atoms with Gasteiger partial charge in [-0.15, -0.1) is 0 Å². The highest BCUT2D eigenvalue weighted by atomic mass is 79.9. The van der Waals surface area contributed by atoms with E-state index < -0.39 is 4.92 Å². The predicted octanol–water partition coefficient (Wildman–Crippen LogP) is 2.92. The van der Waals surface area contributed by atoms with Gasteiger partial charge in [0.15, 0.2) is 0 Å². The molecule has 6 nitrogen and oxygen atoms in total. The molecule has 19 heavy (non-hydrogen) atoms. The van der Waals surface area contributed by atoms with Crippen LogP contribution in [0.15, 0.2) is 28.9 Å². The Labute approximate surface area is 117 Å². The van der Waals surface area contributed by atoms with E-state index in [9.17, 15) is 10.1 Å². The van der Waals surface area contributed by atoms with E-state index in [4.69, 9.17) is 5.26 Å². The topological polar surface area (TPSA) is 84.8 Å². The molecule has 0 aliphatic carbocycles. The number of aromatic nitrogens is 2. The Kier molecular flexibility index (Phi) is 3.62. The second kappa shape index (κ2) is 5.20. The molecule has 0 N–H and O–H groups in total. The van der Waals surface area contributed by atoms with Gasteiger partial charge in [0.25, 0.3) is 5.69 Å². The molecule has 0 fully saturated rings. The van der Waals surface area contributed by atoms with Gasteiger partial charge in [-0.05, 0) is 35.0 Å². The van der Waals surface area contributed by atoms with Gasteiger partial charge in [-0.2, -0.15) is 10.4 Å². The van der Waals surface area contributed by atoms with E-state index in [0.29, 0.717) is 10.3 Å². The van der Waals surface area contributed by atoms with Crippen LogP contribution in [-0.4, -0.2) is 14.7 Å². The van der Waals surface area contributed by atoms with Gasteiger partial charge >= 0.3 is 0 Å². The summed E-state index contributed by atoms with van der Waals surface area (Å²) in [6.45, 7) is 1.82. The average Bonchev–Trinajstić information content (AvgIpc) is 2.67. The third kappa shape index (κ3) is 2.48. The summed E-state index contributed by atoms with van der Waals surface area (Å²) in [6.07, 6.45) is 0.263. The second-order valence-corrected chi connectivity index (χ2v) is 4.63. The second-order valence-electron chi connectivity index (χ2n) is 3.87. The highest BCUT2D eigenvalue weighted by Crippen LogP contribution is 2.25. The number of nitro benzene ring substituents is 1. The van der Waals surface area contributed by atoms with Crippen LogP contribution < -0.4 is 0 Å². The third-order valence-corrected chi connectivity index (χ3v) is 3.50. The summed E-state index contributed by atoms with van der Waals surface area (Å²) in [4.78, 5) is 10.1. The number of halogens is 1. The first kappa shape index (κ1) is 13.2. The van der Waals surface area contributed by atoms with E-state index in [1.165, 1.54) is 12.1 Å². The number of nitro groups is 1. The Balaban J connectivity index is 2.45. The lowest BCUT2D eigenvalue weighted by Crippen LogP contribution is -1.97. The molecule has 1 aromatic carbocycles. The van der Waals surface area contributed by atoms with Crippen LogP contribution in [0, 0.1) is 28.4 Å². The summed E-state index contributed by atoms with van der Waals surface area (Å²) in [5, 5.41) is 23.7. The van der Waals surface area contributed by atoms with Crippen molar-refractivity contribution in [1.29, 1.82) is 5.26 Å². The summed E-state index contributed by atoms with van der Waals surface area (Å²) in [5.74, 6) is 0. The van der Waals surface area contributed by atoms with E-state index >= 15 is 0 Å². The number of rotatable bonds is 3. The maximum atomic E-state index is 10.6. The maximum Gasteiger partial charge on any atom is 0.269 e. The van der Waals surface area contributed by atoms with Crippen LogP contribution in [0.4, 0.5) is 5.69 Å². The van der Waals surface area contributed by atoms with Crippen molar-refractivity contribution in [3.8, 4) is 11.8 Å². The van der Waals surface area contributed by atoms with Gasteiger partial charge in [-0.3, -0.25) is 10.1 Å². The maximum absolute atomic E-state index is 10.6. The van der Waals surface area contributed by atoms with Gasteiger partial charge in [-0.25, -0.2) is 4.68 Å². The molecule has 2 aromatic rings. The first-order valence-electron chi connectivity index (χ1n) is 5.40. The van der Waals surface area contributed by atoms with Gasteiger partial charge in [0.05, 0.1) is 28.8 Å². The highest BCUT2D eigenvalue weighted by Gasteiger charge is 2.14. The zero-order chi connectivity index (χ0) is 14.0. The van der Waals surface area contributed by atoms with E-state index in [1.807, 2.05) is 6.92 Å². The molecule has 0 atom stereocenters. The molecule has 0 amide bonds. The first-order valence-corrected chi connectivity index (χ1v) is 6.19. The van der Waals surface area contributed by atoms with Gasteiger partial charge in [0.1, 0.15) is 4.60 Å². The molecule has 0 radical (unpaired) electrons. The summed E-state index contributed by atoms with van der Waals surface area (Å²) in [6, 6.07) is 8.15. The number of hydrogen-bond acceptors (Lipinski definition) is 4. The van der Waals surface area contributed by atoms with E-state index in [1.54, 1.807) is 16.8 Å². The van der Waals surface area contributed by atoms with Crippen molar-refractivity contribution < 1.29 is 4.92 Å². The lowest BCUT2D eigenvalue weighted by molar-refractivity contribution is -0.384.